The highest BCUT2D eigenvalue weighted by atomic mass is 16.6. The first-order valence-electron chi connectivity index (χ1n) is 29.1. The van der Waals surface area contributed by atoms with Gasteiger partial charge < -0.3 is 14.6 Å². The van der Waals surface area contributed by atoms with Crippen molar-refractivity contribution in [3.8, 4) is 0 Å². The molecule has 0 spiro atoms. The molecule has 398 valence electrons. The molecule has 0 aromatic rings. The number of aliphatic hydroxyl groups excluding tert-OH is 1. The minimum Gasteiger partial charge on any atom is -0.462 e. The van der Waals surface area contributed by atoms with Crippen molar-refractivity contribution in [2.24, 2.45) is 0 Å². The number of unbranched alkanes of at least 4 members (excludes halogenated alkanes) is 24. The Balaban J connectivity index is 3.52. The summed E-state index contributed by atoms with van der Waals surface area (Å²) in [4.78, 5) is 24.6. The van der Waals surface area contributed by atoms with E-state index in [1.54, 1.807) is 0 Å². The van der Waals surface area contributed by atoms with E-state index in [2.05, 4.69) is 135 Å². The summed E-state index contributed by atoms with van der Waals surface area (Å²) in [6.07, 6.45) is 87.4. The molecular formula is C65H108O5. The van der Waals surface area contributed by atoms with Crippen molar-refractivity contribution < 1.29 is 24.2 Å². The van der Waals surface area contributed by atoms with Crippen LogP contribution in [0.3, 0.4) is 0 Å². The molecule has 0 fully saturated rings. The first-order chi connectivity index (χ1) is 34.6. The third-order valence-corrected chi connectivity index (χ3v) is 12.3. The van der Waals surface area contributed by atoms with Crippen LogP contribution in [-0.2, 0) is 19.1 Å². The van der Waals surface area contributed by atoms with Gasteiger partial charge in [-0.1, -0.05) is 264 Å². The zero-order chi connectivity index (χ0) is 50.6. The molecule has 0 aliphatic heterocycles. The lowest BCUT2D eigenvalue weighted by molar-refractivity contribution is -0.161. The highest BCUT2D eigenvalue weighted by Crippen LogP contribution is 2.16. The molecule has 70 heavy (non-hydrogen) atoms. The predicted molar refractivity (Wildman–Crippen MR) is 306 cm³/mol. The lowest BCUT2D eigenvalue weighted by Gasteiger charge is -2.15. The lowest BCUT2D eigenvalue weighted by atomic mass is 10.0. The Kier molecular flexibility index (Phi) is 56.5. The van der Waals surface area contributed by atoms with Gasteiger partial charge in [0.05, 0.1) is 6.61 Å². The van der Waals surface area contributed by atoms with E-state index in [0.717, 1.165) is 103 Å². The van der Waals surface area contributed by atoms with Crippen molar-refractivity contribution in [2.45, 2.75) is 264 Å². The van der Waals surface area contributed by atoms with E-state index < -0.39 is 6.10 Å². The van der Waals surface area contributed by atoms with Crippen molar-refractivity contribution in [3.05, 3.63) is 122 Å². The predicted octanol–water partition coefficient (Wildman–Crippen LogP) is 19.9. The maximum absolute atomic E-state index is 12.3. The van der Waals surface area contributed by atoms with Gasteiger partial charge in [0.25, 0.3) is 0 Å². The summed E-state index contributed by atoms with van der Waals surface area (Å²) in [5.74, 6) is -0.597. The molecule has 5 heteroatoms. The summed E-state index contributed by atoms with van der Waals surface area (Å²) in [7, 11) is 0. The van der Waals surface area contributed by atoms with Crippen LogP contribution >= 0.6 is 0 Å². The third-order valence-electron chi connectivity index (χ3n) is 12.3. The van der Waals surface area contributed by atoms with Crippen molar-refractivity contribution in [3.63, 3.8) is 0 Å². The van der Waals surface area contributed by atoms with Crippen LogP contribution in [0.15, 0.2) is 122 Å². The van der Waals surface area contributed by atoms with Crippen LogP contribution in [0.5, 0.6) is 0 Å². The van der Waals surface area contributed by atoms with Gasteiger partial charge >= 0.3 is 11.9 Å². The van der Waals surface area contributed by atoms with Crippen LogP contribution < -0.4 is 0 Å². The first-order valence-corrected chi connectivity index (χ1v) is 29.1. The average molecular weight is 970 g/mol. The Morgan fingerprint density at radius 1 is 0.329 bits per heavy atom. The topological polar surface area (TPSA) is 72.8 Å². The summed E-state index contributed by atoms with van der Waals surface area (Å²) in [6.45, 7) is 3.92. The van der Waals surface area contributed by atoms with E-state index >= 15 is 0 Å². The number of carbonyl (C=O) groups excluding carboxylic acids is 2. The molecule has 5 nitrogen and oxygen atoms in total. The molecule has 0 radical (unpaired) electrons. The van der Waals surface area contributed by atoms with Crippen molar-refractivity contribution in [1.82, 2.24) is 0 Å². The van der Waals surface area contributed by atoms with Crippen LogP contribution in [0.4, 0.5) is 0 Å². The first kappa shape index (κ1) is 66.3. The van der Waals surface area contributed by atoms with Crippen LogP contribution in [0, 0.1) is 0 Å². The SMILES string of the molecule is CC/C=C\C/C=C\C/C=C\C/C=C\C/C=C\C/C=C\CCCCCCCCCCCCCCCCC(=O)OC(CO)COC(=O)CCCCCCCCCCCC/C=C\C/C=C\C/C=C\C/C=C\CC. The fourth-order valence-corrected chi connectivity index (χ4v) is 7.96. The zero-order valence-electron chi connectivity index (χ0n) is 45.5. The number of carbonyl (C=O) groups is 2. The number of allylic oxidation sites excluding steroid dienone is 20. The minimum absolute atomic E-state index is 0.0732. The Bertz CT molecular complexity index is 1420. The molecule has 1 N–H and O–H groups in total. The van der Waals surface area contributed by atoms with Crippen LogP contribution in [0.1, 0.15) is 258 Å². The number of hydrogen-bond acceptors (Lipinski definition) is 5. The smallest absolute Gasteiger partial charge is 0.306 e. The fourth-order valence-electron chi connectivity index (χ4n) is 7.96. The maximum atomic E-state index is 12.3. The summed E-state index contributed by atoms with van der Waals surface area (Å²) in [5, 5.41) is 9.66. The monoisotopic (exact) mass is 969 g/mol. The number of ether oxygens (including phenoxy) is 2. The van der Waals surface area contributed by atoms with Gasteiger partial charge in [-0.25, -0.2) is 0 Å². The van der Waals surface area contributed by atoms with Gasteiger partial charge in [0.2, 0.25) is 0 Å². The van der Waals surface area contributed by atoms with Gasteiger partial charge in [-0.2, -0.15) is 0 Å². The van der Waals surface area contributed by atoms with E-state index in [9.17, 15) is 14.7 Å². The van der Waals surface area contributed by atoms with Gasteiger partial charge in [0.15, 0.2) is 6.10 Å². The highest BCUT2D eigenvalue weighted by Gasteiger charge is 2.16. The van der Waals surface area contributed by atoms with E-state index in [1.807, 2.05) is 0 Å². The standard InChI is InChI=1S/C65H108O5/c1-3-5-7-9-11-13-15-17-19-21-23-25-27-28-29-30-31-32-33-34-35-36-38-40-42-44-46-48-50-52-54-56-58-60-65(68)70-63(61-66)62-69-64(67)59-57-55-53-51-49-47-45-43-41-39-37-26-24-22-20-18-16-14-12-10-8-6-4-2/h5-8,11-14,17-20,23-26,28-29,31-32,63,66H,3-4,9-10,15-16,21-22,27,30,33-62H2,1-2H3/b7-5-,8-6-,13-11-,14-12-,19-17-,20-18-,25-23-,26-24-,29-28-,32-31-. The summed E-state index contributed by atoms with van der Waals surface area (Å²) >= 11 is 0. The van der Waals surface area contributed by atoms with Crippen molar-refractivity contribution in [2.75, 3.05) is 13.2 Å². The quantitative estimate of drug-likeness (QED) is 0.0374. The molecule has 0 aliphatic carbocycles. The second-order valence-electron chi connectivity index (χ2n) is 19.0. The molecule has 0 saturated carbocycles. The van der Waals surface area contributed by atoms with Gasteiger partial charge in [0, 0.05) is 12.8 Å². The van der Waals surface area contributed by atoms with E-state index in [4.69, 9.17) is 9.47 Å². The lowest BCUT2D eigenvalue weighted by Crippen LogP contribution is -2.28. The normalized spacial score (nSPS) is 13.1. The Hall–Kier alpha value is -3.70. The van der Waals surface area contributed by atoms with Crippen molar-refractivity contribution in [1.29, 1.82) is 0 Å². The molecule has 0 saturated heterocycles. The zero-order valence-corrected chi connectivity index (χ0v) is 45.5. The molecule has 1 atom stereocenters. The van der Waals surface area contributed by atoms with E-state index in [-0.39, 0.29) is 25.2 Å². The molecular weight excluding hydrogens is 861 g/mol. The molecule has 0 heterocycles. The molecule has 0 aliphatic rings. The number of aliphatic hydroxyl groups is 1. The van der Waals surface area contributed by atoms with Gasteiger partial charge in [0.1, 0.15) is 6.61 Å². The van der Waals surface area contributed by atoms with Crippen LogP contribution in [0.25, 0.3) is 0 Å². The summed E-state index contributed by atoms with van der Waals surface area (Å²) in [6, 6.07) is 0. The van der Waals surface area contributed by atoms with Gasteiger partial charge in [-0.3, -0.25) is 9.59 Å². The summed E-state index contributed by atoms with van der Waals surface area (Å²) in [5.41, 5.74) is 0. The Morgan fingerprint density at radius 3 is 0.857 bits per heavy atom. The molecule has 0 bridgehead atoms. The molecule has 0 aromatic heterocycles. The highest BCUT2D eigenvalue weighted by molar-refractivity contribution is 5.70. The number of esters is 2. The van der Waals surface area contributed by atoms with Crippen molar-refractivity contribution >= 4 is 11.9 Å². The third kappa shape index (κ3) is 56.9. The maximum Gasteiger partial charge on any atom is 0.306 e. The molecule has 0 aromatic carbocycles. The Labute approximate surface area is 433 Å². The number of hydrogen-bond donors (Lipinski definition) is 1. The number of rotatable bonds is 52. The van der Waals surface area contributed by atoms with Crippen LogP contribution in [-0.4, -0.2) is 36.4 Å². The molecule has 0 amide bonds. The van der Waals surface area contributed by atoms with E-state index in [0.29, 0.717) is 12.8 Å². The second kappa shape index (κ2) is 59.6. The van der Waals surface area contributed by atoms with E-state index in [1.165, 1.54) is 128 Å². The van der Waals surface area contributed by atoms with Crippen LogP contribution in [0.2, 0.25) is 0 Å². The molecule has 0 rings (SSSR count). The molecule has 1 unspecified atom stereocenters. The Morgan fingerprint density at radius 2 is 0.571 bits per heavy atom. The fraction of sp³-hybridized carbons (Fsp3) is 0.662. The van der Waals surface area contributed by atoms with Gasteiger partial charge in [-0.15, -0.1) is 0 Å². The second-order valence-corrected chi connectivity index (χ2v) is 19.0. The summed E-state index contributed by atoms with van der Waals surface area (Å²) < 4.78 is 10.7. The minimum atomic E-state index is -0.782. The van der Waals surface area contributed by atoms with Gasteiger partial charge in [-0.05, 0) is 103 Å². The average Bonchev–Trinajstić information content (AvgIpc) is 3.36. The largest absolute Gasteiger partial charge is 0.462 e.